The van der Waals surface area contributed by atoms with Crippen LogP contribution in [0.1, 0.15) is 16.6 Å². The molecule has 0 aliphatic carbocycles. The summed E-state index contributed by atoms with van der Waals surface area (Å²) in [4.78, 5) is 14.0. The highest BCUT2D eigenvalue weighted by atomic mass is 32.2. The van der Waals surface area contributed by atoms with Crippen molar-refractivity contribution in [3.63, 3.8) is 0 Å². The maximum atomic E-state index is 13.0. The van der Waals surface area contributed by atoms with Gasteiger partial charge >= 0.3 is 0 Å². The first-order valence-corrected chi connectivity index (χ1v) is 9.52. The zero-order valence-electron chi connectivity index (χ0n) is 14.5. The molecule has 27 heavy (non-hydrogen) atoms. The summed E-state index contributed by atoms with van der Waals surface area (Å²) in [5, 5.41) is 11.0. The second-order valence-electron chi connectivity index (χ2n) is 5.98. The van der Waals surface area contributed by atoms with Crippen LogP contribution >= 0.6 is 11.8 Å². The van der Waals surface area contributed by atoms with Gasteiger partial charge in [-0.05, 0) is 29.8 Å². The molecule has 0 saturated heterocycles. The molecule has 0 aliphatic heterocycles. The number of pyridine rings is 1. The molecule has 1 atom stereocenters. The number of nitrogens with one attached hydrogen (secondary N) is 1. The molecule has 0 radical (unpaired) electrons. The Hall–Kier alpha value is -3.12. The van der Waals surface area contributed by atoms with Gasteiger partial charge in [0.05, 0.1) is 6.54 Å². The van der Waals surface area contributed by atoms with E-state index in [9.17, 15) is 4.79 Å². The number of carbonyl (C=O) groups is 1. The third-order valence-corrected chi connectivity index (χ3v) is 5.41. The first kappa shape index (κ1) is 17.3. The fourth-order valence-electron chi connectivity index (χ4n) is 2.81. The minimum Gasteiger partial charge on any atom is -0.348 e. The van der Waals surface area contributed by atoms with Crippen LogP contribution in [0.25, 0.3) is 5.65 Å². The predicted molar refractivity (Wildman–Crippen MR) is 106 cm³/mol. The molecule has 4 aromatic rings. The highest BCUT2D eigenvalue weighted by molar-refractivity contribution is 8.00. The average molecular weight is 374 g/mol. The van der Waals surface area contributed by atoms with E-state index in [0.717, 1.165) is 16.1 Å². The number of aromatic nitrogens is 3. The number of thioether (sulfide) groups is 1. The molecule has 1 amide bonds. The van der Waals surface area contributed by atoms with E-state index in [-0.39, 0.29) is 11.2 Å². The van der Waals surface area contributed by atoms with Crippen LogP contribution in [-0.4, -0.2) is 20.5 Å². The largest absolute Gasteiger partial charge is 0.348 e. The van der Waals surface area contributed by atoms with Crippen LogP contribution in [0.5, 0.6) is 0 Å². The standard InChI is InChI=1S/C21H18N4OS/c26-21(22-15-19-24-23-18-13-7-8-14-25(18)19)20(16-9-3-1-4-10-16)27-17-11-5-2-6-12-17/h1-14,20H,15H2,(H,22,26). The summed E-state index contributed by atoms with van der Waals surface area (Å²) in [6.45, 7) is 0.322. The minimum atomic E-state index is -0.340. The van der Waals surface area contributed by atoms with Crippen molar-refractivity contribution in [2.75, 3.05) is 0 Å². The molecule has 0 bridgehead atoms. The lowest BCUT2D eigenvalue weighted by Gasteiger charge is -2.17. The van der Waals surface area contributed by atoms with Gasteiger partial charge in [0.2, 0.25) is 5.91 Å². The summed E-state index contributed by atoms with van der Waals surface area (Å²) < 4.78 is 1.88. The third kappa shape index (κ3) is 4.01. The van der Waals surface area contributed by atoms with Gasteiger partial charge in [-0.3, -0.25) is 9.20 Å². The fraction of sp³-hybridized carbons (Fsp3) is 0.0952. The van der Waals surface area contributed by atoms with Crippen molar-refractivity contribution in [2.45, 2.75) is 16.7 Å². The van der Waals surface area contributed by atoms with E-state index in [0.29, 0.717) is 12.4 Å². The fourth-order valence-corrected chi connectivity index (χ4v) is 3.88. The molecule has 2 aromatic heterocycles. The molecule has 0 fully saturated rings. The average Bonchev–Trinajstić information content (AvgIpc) is 3.15. The SMILES string of the molecule is O=C(NCc1nnc2ccccn12)C(Sc1ccccc1)c1ccccc1. The van der Waals surface area contributed by atoms with E-state index in [1.807, 2.05) is 89.5 Å². The lowest BCUT2D eigenvalue weighted by atomic mass is 10.1. The summed E-state index contributed by atoms with van der Waals surface area (Å²) in [7, 11) is 0. The Bertz CT molecular complexity index is 1030. The number of rotatable bonds is 6. The van der Waals surface area contributed by atoms with E-state index >= 15 is 0 Å². The van der Waals surface area contributed by atoms with Crippen LogP contribution in [0.15, 0.2) is 90.0 Å². The normalized spacial score (nSPS) is 12.0. The Labute approximate surface area is 161 Å². The van der Waals surface area contributed by atoms with Gasteiger partial charge in [0, 0.05) is 11.1 Å². The first-order chi connectivity index (χ1) is 13.3. The third-order valence-electron chi connectivity index (χ3n) is 4.14. The van der Waals surface area contributed by atoms with Gasteiger partial charge in [-0.25, -0.2) is 0 Å². The van der Waals surface area contributed by atoms with Crippen molar-refractivity contribution >= 4 is 23.3 Å². The smallest absolute Gasteiger partial charge is 0.238 e. The van der Waals surface area contributed by atoms with Gasteiger partial charge < -0.3 is 5.32 Å². The summed E-state index contributed by atoms with van der Waals surface area (Å²) >= 11 is 1.54. The number of hydrogen-bond acceptors (Lipinski definition) is 4. The highest BCUT2D eigenvalue weighted by Crippen LogP contribution is 2.35. The first-order valence-electron chi connectivity index (χ1n) is 8.64. The summed E-state index contributed by atoms with van der Waals surface area (Å²) in [6, 6.07) is 25.5. The molecule has 0 spiro atoms. The second kappa shape index (κ2) is 8.05. The van der Waals surface area contributed by atoms with E-state index in [2.05, 4.69) is 15.5 Å². The molecule has 2 aromatic carbocycles. The monoisotopic (exact) mass is 374 g/mol. The molecule has 0 aliphatic rings. The van der Waals surface area contributed by atoms with E-state index in [4.69, 9.17) is 0 Å². The molecule has 4 rings (SSSR count). The summed E-state index contributed by atoms with van der Waals surface area (Å²) in [6.07, 6.45) is 1.89. The van der Waals surface area contributed by atoms with Crippen LogP contribution in [0.3, 0.4) is 0 Å². The molecule has 1 unspecified atom stereocenters. The van der Waals surface area contributed by atoms with Crippen LogP contribution < -0.4 is 5.32 Å². The molecule has 0 saturated carbocycles. The van der Waals surface area contributed by atoms with Crippen molar-refractivity contribution in [3.8, 4) is 0 Å². The van der Waals surface area contributed by atoms with Crippen molar-refractivity contribution < 1.29 is 4.79 Å². The topological polar surface area (TPSA) is 59.3 Å². The highest BCUT2D eigenvalue weighted by Gasteiger charge is 2.22. The van der Waals surface area contributed by atoms with Crippen LogP contribution in [0.4, 0.5) is 0 Å². The molecular weight excluding hydrogens is 356 g/mol. The quantitative estimate of drug-likeness (QED) is 0.520. The van der Waals surface area contributed by atoms with Crippen LogP contribution in [0, 0.1) is 0 Å². The molecule has 2 heterocycles. The van der Waals surface area contributed by atoms with Crippen molar-refractivity contribution in [2.24, 2.45) is 0 Å². The Balaban J connectivity index is 1.53. The number of amides is 1. The number of hydrogen-bond donors (Lipinski definition) is 1. The number of fused-ring (bicyclic) bond motifs is 1. The second-order valence-corrected chi connectivity index (χ2v) is 7.16. The maximum Gasteiger partial charge on any atom is 0.238 e. The van der Waals surface area contributed by atoms with E-state index in [1.54, 1.807) is 0 Å². The van der Waals surface area contributed by atoms with E-state index < -0.39 is 0 Å². The molecule has 134 valence electrons. The minimum absolute atomic E-state index is 0.0530. The molecule has 6 heteroatoms. The lowest BCUT2D eigenvalue weighted by molar-refractivity contribution is -0.120. The zero-order valence-corrected chi connectivity index (χ0v) is 15.3. The van der Waals surface area contributed by atoms with Crippen molar-refractivity contribution in [3.05, 3.63) is 96.4 Å². The number of nitrogens with zero attached hydrogens (tertiary/aromatic N) is 3. The maximum absolute atomic E-state index is 13.0. The number of carbonyl (C=O) groups excluding carboxylic acids is 1. The number of benzene rings is 2. The zero-order chi connectivity index (χ0) is 18.5. The van der Waals surface area contributed by atoms with Gasteiger partial charge in [-0.2, -0.15) is 0 Å². The molecular formula is C21H18N4OS. The van der Waals surface area contributed by atoms with Gasteiger partial charge in [0.15, 0.2) is 11.5 Å². The van der Waals surface area contributed by atoms with Crippen LogP contribution in [0.2, 0.25) is 0 Å². The Kier molecular flexibility index (Phi) is 5.16. The Morgan fingerprint density at radius 1 is 0.926 bits per heavy atom. The van der Waals surface area contributed by atoms with Crippen molar-refractivity contribution in [1.82, 2.24) is 19.9 Å². The van der Waals surface area contributed by atoms with Gasteiger partial charge in [-0.1, -0.05) is 54.6 Å². The summed E-state index contributed by atoms with van der Waals surface area (Å²) in [5.41, 5.74) is 1.73. The van der Waals surface area contributed by atoms with Crippen molar-refractivity contribution in [1.29, 1.82) is 0 Å². The van der Waals surface area contributed by atoms with Gasteiger partial charge in [0.25, 0.3) is 0 Å². The summed E-state index contributed by atoms with van der Waals surface area (Å²) in [5.74, 6) is 0.651. The lowest BCUT2D eigenvalue weighted by Crippen LogP contribution is -2.28. The van der Waals surface area contributed by atoms with E-state index in [1.165, 1.54) is 11.8 Å². The van der Waals surface area contributed by atoms with Crippen LogP contribution in [-0.2, 0) is 11.3 Å². The molecule has 1 N–H and O–H groups in total. The predicted octanol–water partition coefficient (Wildman–Crippen LogP) is 3.88. The molecule has 5 nitrogen and oxygen atoms in total. The Morgan fingerprint density at radius 3 is 2.41 bits per heavy atom. The Morgan fingerprint density at radius 2 is 1.63 bits per heavy atom. The van der Waals surface area contributed by atoms with Gasteiger partial charge in [-0.15, -0.1) is 22.0 Å². The van der Waals surface area contributed by atoms with Gasteiger partial charge in [0.1, 0.15) is 5.25 Å².